The summed E-state index contributed by atoms with van der Waals surface area (Å²) in [4.78, 5) is 0. The Morgan fingerprint density at radius 3 is 3.18 bits per heavy atom. The molecule has 0 saturated heterocycles. The lowest BCUT2D eigenvalue weighted by Gasteiger charge is -1.91. The van der Waals surface area contributed by atoms with Gasteiger partial charge in [0, 0.05) is 12.0 Å². The molecule has 0 atom stereocenters. The number of rotatable bonds is 3. The Balaban J connectivity index is 2.06. The Morgan fingerprint density at radius 1 is 1.73 bits per heavy atom. The normalized spacial score (nSPS) is 16.8. The molecule has 1 fully saturated rings. The fraction of sp³-hybridized carbons (Fsp3) is 0.625. The first-order valence-electron chi connectivity index (χ1n) is 3.99. The van der Waals surface area contributed by atoms with Gasteiger partial charge in [0.25, 0.3) is 5.88 Å². The molecular formula is C8H11NO2. The van der Waals surface area contributed by atoms with Gasteiger partial charge >= 0.3 is 0 Å². The van der Waals surface area contributed by atoms with Crippen LogP contribution in [0.1, 0.15) is 31.4 Å². The van der Waals surface area contributed by atoms with Crippen LogP contribution in [0.15, 0.2) is 10.6 Å². The molecule has 1 saturated carbocycles. The molecule has 3 nitrogen and oxygen atoms in total. The molecule has 1 aromatic heterocycles. The van der Waals surface area contributed by atoms with E-state index in [2.05, 4.69) is 5.16 Å². The quantitative estimate of drug-likeness (QED) is 0.665. The molecule has 1 aliphatic rings. The summed E-state index contributed by atoms with van der Waals surface area (Å²) in [5, 5.41) is 3.77. The van der Waals surface area contributed by atoms with Crippen LogP contribution >= 0.6 is 0 Å². The van der Waals surface area contributed by atoms with Crippen molar-refractivity contribution in [3.63, 3.8) is 0 Å². The summed E-state index contributed by atoms with van der Waals surface area (Å²) in [5.41, 5.74) is 0. The van der Waals surface area contributed by atoms with Gasteiger partial charge in [-0.25, -0.2) is 0 Å². The van der Waals surface area contributed by atoms with Crippen molar-refractivity contribution in [3.8, 4) is 5.88 Å². The molecule has 2 rings (SSSR count). The number of ether oxygens (including phenoxy) is 1. The Labute approximate surface area is 65.3 Å². The summed E-state index contributed by atoms with van der Waals surface area (Å²) in [6.07, 6.45) is 2.47. The lowest BCUT2D eigenvalue weighted by Crippen LogP contribution is -1.89. The van der Waals surface area contributed by atoms with Crippen LogP contribution in [-0.4, -0.2) is 11.8 Å². The van der Waals surface area contributed by atoms with E-state index in [9.17, 15) is 0 Å². The minimum Gasteiger partial charge on any atom is -0.476 e. The van der Waals surface area contributed by atoms with Crippen molar-refractivity contribution >= 4 is 0 Å². The van der Waals surface area contributed by atoms with E-state index in [1.165, 1.54) is 12.8 Å². The molecule has 11 heavy (non-hydrogen) atoms. The Kier molecular flexibility index (Phi) is 1.56. The van der Waals surface area contributed by atoms with Crippen molar-refractivity contribution in [2.24, 2.45) is 0 Å². The smallest absolute Gasteiger partial charge is 0.254 e. The maximum Gasteiger partial charge on any atom is 0.254 e. The average Bonchev–Trinajstić information content (AvgIpc) is 2.75. The Hall–Kier alpha value is -0.990. The van der Waals surface area contributed by atoms with Crippen LogP contribution in [0.2, 0.25) is 0 Å². The number of aromatic nitrogens is 1. The van der Waals surface area contributed by atoms with Gasteiger partial charge in [0.15, 0.2) is 0 Å². The molecule has 0 aliphatic heterocycles. The predicted octanol–water partition coefficient (Wildman–Crippen LogP) is 1.95. The summed E-state index contributed by atoms with van der Waals surface area (Å²) < 4.78 is 10.2. The first-order valence-corrected chi connectivity index (χ1v) is 3.99. The van der Waals surface area contributed by atoms with Crippen LogP contribution < -0.4 is 4.74 Å². The van der Waals surface area contributed by atoms with Gasteiger partial charge in [0.1, 0.15) is 5.76 Å². The molecule has 0 bridgehead atoms. The van der Waals surface area contributed by atoms with Crippen LogP contribution in [0.25, 0.3) is 0 Å². The van der Waals surface area contributed by atoms with Gasteiger partial charge in [0.2, 0.25) is 0 Å². The van der Waals surface area contributed by atoms with E-state index in [0.29, 0.717) is 18.4 Å². The van der Waals surface area contributed by atoms with Gasteiger partial charge in [-0.15, -0.1) is 0 Å². The first-order chi connectivity index (χ1) is 5.40. The zero-order chi connectivity index (χ0) is 7.68. The van der Waals surface area contributed by atoms with Gasteiger partial charge in [-0.05, 0) is 24.9 Å². The highest BCUT2D eigenvalue weighted by molar-refractivity contribution is 5.17. The lowest BCUT2D eigenvalue weighted by molar-refractivity contribution is 0.289. The predicted molar refractivity (Wildman–Crippen MR) is 39.6 cm³/mol. The summed E-state index contributed by atoms with van der Waals surface area (Å²) in [5.74, 6) is 2.22. The SMILES string of the molecule is CCOc1cc(C2CC2)on1. The largest absolute Gasteiger partial charge is 0.476 e. The van der Waals surface area contributed by atoms with Crippen LogP contribution in [0, 0.1) is 0 Å². The minimum atomic E-state index is 0.620. The highest BCUT2D eigenvalue weighted by Gasteiger charge is 2.28. The molecule has 0 radical (unpaired) electrons. The second kappa shape index (κ2) is 2.57. The number of hydrogen-bond donors (Lipinski definition) is 0. The Morgan fingerprint density at radius 2 is 2.55 bits per heavy atom. The van der Waals surface area contributed by atoms with Crippen molar-refractivity contribution in [2.45, 2.75) is 25.7 Å². The summed E-state index contributed by atoms with van der Waals surface area (Å²) in [6, 6.07) is 1.89. The van der Waals surface area contributed by atoms with E-state index in [-0.39, 0.29) is 0 Å². The highest BCUT2D eigenvalue weighted by Crippen LogP contribution is 2.40. The molecule has 1 aliphatic carbocycles. The molecule has 0 unspecified atom stereocenters. The molecular weight excluding hydrogens is 142 g/mol. The molecule has 1 heterocycles. The Bertz CT molecular complexity index is 240. The molecule has 0 spiro atoms. The zero-order valence-corrected chi connectivity index (χ0v) is 6.54. The molecule has 1 aromatic rings. The second-order valence-corrected chi connectivity index (χ2v) is 2.77. The van der Waals surface area contributed by atoms with Crippen molar-refractivity contribution in [3.05, 3.63) is 11.8 Å². The van der Waals surface area contributed by atoms with Gasteiger partial charge in [-0.1, -0.05) is 0 Å². The van der Waals surface area contributed by atoms with E-state index in [1.807, 2.05) is 13.0 Å². The van der Waals surface area contributed by atoms with E-state index in [4.69, 9.17) is 9.26 Å². The maximum atomic E-state index is 5.16. The van der Waals surface area contributed by atoms with Crippen molar-refractivity contribution < 1.29 is 9.26 Å². The summed E-state index contributed by atoms with van der Waals surface area (Å²) >= 11 is 0. The number of nitrogens with zero attached hydrogens (tertiary/aromatic N) is 1. The topological polar surface area (TPSA) is 35.3 Å². The lowest BCUT2D eigenvalue weighted by atomic mass is 10.3. The highest BCUT2D eigenvalue weighted by atomic mass is 16.5. The molecule has 3 heteroatoms. The molecule has 0 N–H and O–H groups in total. The molecule has 60 valence electrons. The van der Waals surface area contributed by atoms with Crippen LogP contribution in [0.5, 0.6) is 5.88 Å². The third kappa shape index (κ3) is 1.37. The second-order valence-electron chi connectivity index (χ2n) is 2.77. The van der Waals surface area contributed by atoms with E-state index in [0.717, 1.165) is 5.76 Å². The van der Waals surface area contributed by atoms with E-state index < -0.39 is 0 Å². The fourth-order valence-corrected chi connectivity index (χ4v) is 1.05. The fourth-order valence-electron chi connectivity index (χ4n) is 1.05. The number of hydrogen-bond acceptors (Lipinski definition) is 3. The standard InChI is InChI=1S/C8H11NO2/c1-2-10-8-5-7(11-9-8)6-3-4-6/h5-6H,2-4H2,1H3. The molecule has 0 amide bonds. The van der Waals surface area contributed by atoms with E-state index in [1.54, 1.807) is 0 Å². The third-order valence-electron chi connectivity index (χ3n) is 1.78. The first kappa shape index (κ1) is 6.70. The van der Waals surface area contributed by atoms with Crippen molar-refractivity contribution in [1.29, 1.82) is 0 Å². The van der Waals surface area contributed by atoms with Crippen molar-refractivity contribution in [2.75, 3.05) is 6.61 Å². The monoisotopic (exact) mass is 153 g/mol. The van der Waals surface area contributed by atoms with Crippen molar-refractivity contribution in [1.82, 2.24) is 5.16 Å². The zero-order valence-electron chi connectivity index (χ0n) is 6.54. The van der Waals surface area contributed by atoms with Gasteiger partial charge in [-0.3, -0.25) is 0 Å². The minimum absolute atomic E-state index is 0.620. The maximum absolute atomic E-state index is 5.16. The van der Waals surface area contributed by atoms with E-state index >= 15 is 0 Å². The van der Waals surface area contributed by atoms with Crippen LogP contribution in [0.4, 0.5) is 0 Å². The van der Waals surface area contributed by atoms with Gasteiger partial charge in [-0.2, -0.15) is 0 Å². The van der Waals surface area contributed by atoms with Crippen LogP contribution in [-0.2, 0) is 0 Å². The molecule has 0 aromatic carbocycles. The van der Waals surface area contributed by atoms with Gasteiger partial charge in [0.05, 0.1) is 6.61 Å². The van der Waals surface area contributed by atoms with Crippen LogP contribution in [0.3, 0.4) is 0 Å². The van der Waals surface area contributed by atoms with Gasteiger partial charge < -0.3 is 9.26 Å². The summed E-state index contributed by atoms with van der Waals surface area (Å²) in [6.45, 7) is 2.59. The average molecular weight is 153 g/mol. The summed E-state index contributed by atoms with van der Waals surface area (Å²) in [7, 11) is 0. The third-order valence-corrected chi connectivity index (χ3v) is 1.78.